The smallest absolute Gasteiger partial charge is 0.0784 e. The first-order valence-electron chi connectivity index (χ1n) is 4.82. The molecule has 0 N–H and O–H groups in total. The van der Waals surface area contributed by atoms with Crippen LogP contribution in [0.4, 0.5) is 0 Å². The van der Waals surface area contributed by atoms with Gasteiger partial charge in [-0.2, -0.15) is 0 Å². The van der Waals surface area contributed by atoms with Crippen molar-refractivity contribution in [3.05, 3.63) is 0 Å². The second-order valence-electron chi connectivity index (χ2n) is 3.59. The van der Waals surface area contributed by atoms with Crippen molar-refractivity contribution in [3.63, 3.8) is 0 Å². The second-order valence-corrected chi connectivity index (χ2v) is 3.59. The summed E-state index contributed by atoms with van der Waals surface area (Å²) >= 11 is 0. The van der Waals surface area contributed by atoms with Gasteiger partial charge in [0, 0.05) is 7.11 Å². The Balaban J connectivity index is 3.40. The van der Waals surface area contributed by atoms with Gasteiger partial charge in [0.05, 0.1) is 31.5 Å². The van der Waals surface area contributed by atoms with Crippen LogP contribution < -0.4 is 0 Å². The van der Waals surface area contributed by atoms with Crippen LogP contribution in [0, 0.1) is 0 Å². The van der Waals surface area contributed by atoms with Crippen LogP contribution in [-0.2, 0) is 14.2 Å². The maximum absolute atomic E-state index is 5.51. The third-order valence-corrected chi connectivity index (χ3v) is 1.52. The maximum atomic E-state index is 5.51. The fraction of sp³-hybridized carbons (Fsp3) is 1.00. The molecular formula is C10H22O3. The molecule has 80 valence electrons. The van der Waals surface area contributed by atoms with Crippen molar-refractivity contribution in [2.24, 2.45) is 0 Å². The zero-order valence-corrected chi connectivity index (χ0v) is 9.37. The number of ether oxygens (including phenoxy) is 3. The molecular weight excluding hydrogens is 168 g/mol. The molecule has 2 unspecified atom stereocenters. The predicted octanol–water partition coefficient (Wildman–Crippen LogP) is 1.85. The number of methoxy groups -OCH3 is 1. The molecule has 0 heterocycles. The monoisotopic (exact) mass is 190 g/mol. The van der Waals surface area contributed by atoms with Crippen LogP contribution in [0.3, 0.4) is 0 Å². The van der Waals surface area contributed by atoms with Gasteiger partial charge in [-0.25, -0.2) is 0 Å². The Labute approximate surface area is 81.4 Å². The standard InChI is InChI=1S/C10H22O3/c1-8(2)13-10(4)7-12-9(3)6-11-5/h8-10H,6-7H2,1-5H3. The maximum Gasteiger partial charge on any atom is 0.0784 e. The van der Waals surface area contributed by atoms with Gasteiger partial charge in [-0.1, -0.05) is 0 Å². The molecule has 0 rings (SSSR count). The summed E-state index contributed by atoms with van der Waals surface area (Å²) in [7, 11) is 1.67. The molecule has 0 saturated carbocycles. The summed E-state index contributed by atoms with van der Waals surface area (Å²) in [6.45, 7) is 9.31. The minimum absolute atomic E-state index is 0.142. The molecule has 0 saturated heterocycles. The fourth-order valence-corrected chi connectivity index (χ4v) is 1.09. The molecule has 0 aromatic heterocycles. The minimum atomic E-state index is 0.142. The van der Waals surface area contributed by atoms with E-state index in [0.29, 0.717) is 13.2 Å². The molecule has 0 aliphatic heterocycles. The molecule has 2 atom stereocenters. The third kappa shape index (κ3) is 8.22. The van der Waals surface area contributed by atoms with E-state index in [-0.39, 0.29) is 18.3 Å². The largest absolute Gasteiger partial charge is 0.382 e. The molecule has 0 spiro atoms. The molecule has 0 fully saturated rings. The Kier molecular flexibility index (Phi) is 7.23. The van der Waals surface area contributed by atoms with Gasteiger partial charge >= 0.3 is 0 Å². The molecule has 3 heteroatoms. The van der Waals surface area contributed by atoms with Gasteiger partial charge in [0.2, 0.25) is 0 Å². The average molecular weight is 190 g/mol. The number of rotatable bonds is 7. The normalized spacial score (nSPS) is 16.2. The van der Waals surface area contributed by atoms with Crippen LogP contribution in [0.15, 0.2) is 0 Å². The zero-order chi connectivity index (χ0) is 10.3. The van der Waals surface area contributed by atoms with E-state index >= 15 is 0 Å². The first kappa shape index (κ1) is 12.9. The highest BCUT2D eigenvalue weighted by Crippen LogP contribution is 2.00. The van der Waals surface area contributed by atoms with Crippen molar-refractivity contribution in [1.29, 1.82) is 0 Å². The lowest BCUT2D eigenvalue weighted by molar-refractivity contribution is -0.0671. The lowest BCUT2D eigenvalue weighted by Crippen LogP contribution is -2.24. The Morgan fingerprint density at radius 2 is 1.54 bits per heavy atom. The van der Waals surface area contributed by atoms with E-state index in [1.807, 2.05) is 27.7 Å². The summed E-state index contributed by atoms with van der Waals surface area (Å²) < 4.78 is 16.0. The highest BCUT2D eigenvalue weighted by atomic mass is 16.6. The lowest BCUT2D eigenvalue weighted by atomic mass is 10.4. The summed E-state index contributed by atoms with van der Waals surface area (Å²) in [5, 5.41) is 0. The average Bonchev–Trinajstić information content (AvgIpc) is 2.00. The van der Waals surface area contributed by atoms with Crippen molar-refractivity contribution < 1.29 is 14.2 Å². The summed E-state index contributed by atoms with van der Waals surface area (Å²) in [5.41, 5.74) is 0. The SMILES string of the molecule is COCC(C)OCC(C)OC(C)C. The Morgan fingerprint density at radius 1 is 0.923 bits per heavy atom. The number of hydrogen-bond acceptors (Lipinski definition) is 3. The van der Waals surface area contributed by atoms with E-state index in [1.165, 1.54) is 0 Å². The molecule has 0 radical (unpaired) electrons. The van der Waals surface area contributed by atoms with Gasteiger partial charge in [0.25, 0.3) is 0 Å². The second kappa shape index (κ2) is 7.30. The molecule has 13 heavy (non-hydrogen) atoms. The van der Waals surface area contributed by atoms with Crippen LogP contribution in [-0.4, -0.2) is 38.6 Å². The Morgan fingerprint density at radius 3 is 2.00 bits per heavy atom. The van der Waals surface area contributed by atoms with E-state index in [4.69, 9.17) is 14.2 Å². The van der Waals surface area contributed by atoms with Gasteiger partial charge in [0.15, 0.2) is 0 Å². The van der Waals surface area contributed by atoms with Crippen LogP contribution in [0.1, 0.15) is 27.7 Å². The van der Waals surface area contributed by atoms with E-state index in [1.54, 1.807) is 7.11 Å². The summed E-state index contributed by atoms with van der Waals surface area (Å²) in [5.74, 6) is 0. The molecule has 0 bridgehead atoms. The zero-order valence-electron chi connectivity index (χ0n) is 9.37. The molecule has 0 aromatic carbocycles. The predicted molar refractivity (Wildman–Crippen MR) is 53.0 cm³/mol. The minimum Gasteiger partial charge on any atom is -0.382 e. The van der Waals surface area contributed by atoms with Crippen LogP contribution in [0.5, 0.6) is 0 Å². The van der Waals surface area contributed by atoms with Crippen LogP contribution in [0.2, 0.25) is 0 Å². The Hall–Kier alpha value is -0.120. The molecule has 0 amide bonds. The fourth-order valence-electron chi connectivity index (χ4n) is 1.09. The van der Waals surface area contributed by atoms with Crippen molar-refractivity contribution in [3.8, 4) is 0 Å². The molecule has 0 aliphatic rings. The highest BCUT2D eigenvalue weighted by Gasteiger charge is 2.07. The van der Waals surface area contributed by atoms with Gasteiger partial charge in [-0.3, -0.25) is 0 Å². The van der Waals surface area contributed by atoms with Crippen molar-refractivity contribution in [2.45, 2.75) is 46.0 Å². The van der Waals surface area contributed by atoms with E-state index in [2.05, 4.69) is 0 Å². The van der Waals surface area contributed by atoms with E-state index in [0.717, 1.165) is 0 Å². The quantitative estimate of drug-likeness (QED) is 0.613. The van der Waals surface area contributed by atoms with Crippen LogP contribution in [0.25, 0.3) is 0 Å². The van der Waals surface area contributed by atoms with E-state index in [9.17, 15) is 0 Å². The van der Waals surface area contributed by atoms with Gasteiger partial charge in [-0.05, 0) is 27.7 Å². The molecule has 0 aromatic rings. The van der Waals surface area contributed by atoms with Gasteiger partial charge in [-0.15, -0.1) is 0 Å². The van der Waals surface area contributed by atoms with E-state index < -0.39 is 0 Å². The van der Waals surface area contributed by atoms with Gasteiger partial charge in [0.1, 0.15) is 0 Å². The molecule has 0 aliphatic carbocycles. The van der Waals surface area contributed by atoms with Gasteiger partial charge < -0.3 is 14.2 Å². The van der Waals surface area contributed by atoms with Crippen molar-refractivity contribution in [2.75, 3.05) is 20.3 Å². The first-order chi connectivity index (χ1) is 6.06. The number of hydrogen-bond donors (Lipinski definition) is 0. The third-order valence-electron chi connectivity index (χ3n) is 1.52. The summed E-state index contributed by atoms with van der Waals surface area (Å²) in [6.07, 6.45) is 0.554. The van der Waals surface area contributed by atoms with Crippen molar-refractivity contribution >= 4 is 0 Å². The molecule has 3 nitrogen and oxygen atoms in total. The van der Waals surface area contributed by atoms with Crippen molar-refractivity contribution in [1.82, 2.24) is 0 Å². The topological polar surface area (TPSA) is 27.7 Å². The summed E-state index contributed by atoms with van der Waals surface area (Å²) in [4.78, 5) is 0. The Bertz CT molecular complexity index is 115. The summed E-state index contributed by atoms with van der Waals surface area (Å²) in [6, 6.07) is 0. The highest BCUT2D eigenvalue weighted by molar-refractivity contribution is 4.53. The van der Waals surface area contributed by atoms with Crippen LogP contribution >= 0.6 is 0 Å². The first-order valence-corrected chi connectivity index (χ1v) is 4.82. The lowest BCUT2D eigenvalue weighted by Gasteiger charge is -2.18.